The van der Waals surface area contributed by atoms with Crippen molar-refractivity contribution in [3.8, 4) is 11.5 Å². The predicted octanol–water partition coefficient (Wildman–Crippen LogP) is 1.86. The number of carboxylic acids is 1. The number of halogens is 1. The highest BCUT2D eigenvalue weighted by Crippen LogP contribution is 2.34. The number of aromatic carboxylic acids is 1. The minimum atomic E-state index is -1.23. The van der Waals surface area contributed by atoms with Gasteiger partial charge in [-0.2, -0.15) is 0 Å². The molecule has 0 spiro atoms. The third-order valence-corrected chi connectivity index (χ3v) is 2.13. The Labute approximate surface area is 82.9 Å². The molecule has 0 saturated carbocycles. The van der Waals surface area contributed by atoms with E-state index < -0.39 is 5.97 Å². The van der Waals surface area contributed by atoms with Gasteiger partial charge in [0.15, 0.2) is 5.75 Å². The van der Waals surface area contributed by atoms with Crippen LogP contribution in [0.2, 0.25) is 0 Å². The molecule has 0 radical (unpaired) electrons. The number of methoxy groups -OCH3 is 1. The van der Waals surface area contributed by atoms with E-state index in [2.05, 4.69) is 15.9 Å². The zero-order valence-electron chi connectivity index (χ0n) is 6.74. The number of phenols is 1. The molecule has 13 heavy (non-hydrogen) atoms. The molecule has 1 aromatic rings. The lowest BCUT2D eigenvalue weighted by atomic mass is 10.2. The van der Waals surface area contributed by atoms with E-state index in [0.717, 1.165) is 0 Å². The molecule has 5 heteroatoms. The molecule has 0 fully saturated rings. The molecule has 0 aliphatic carbocycles. The quantitative estimate of drug-likeness (QED) is 0.836. The van der Waals surface area contributed by atoms with Crippen LogP contribution in [0.5, 0.6) is 11.5 Å². The van der Waals surface area contributed by atoms with Gasteiger partial charge in [-0.05, 0) is 28.1 Å². The summed E-state index contributed by atoms with van der Waals surface area (Å²) in [5.74, 6) is -1.42. The number of hydrogen-bond acceptors (Lipinski definition) is 3. The molecule has 2 N–H and O–H groups in total. The minimum absolute atomic E-state index is 0.118. The first kappa shape index (κ1) is 9.85. The highest BCUT2D eigenvalue weighted by Gasteiger charge is 2.18. The second-order valence-electron chi connectivity index (χ2n) is 2.28. The Morgan fingerprint density at radius 1 is 1.54 bits per heavy atom. The van der Waals surface area contributed by atoms with E-state index in [0.29, 0.717) is 4.47 Å². The van der Waals surface area contributed by atoms with Gasteiger partial charge in [-0.1, -0.05) is 0 Å². The lowest BCUT2D eigenvalue weighted by molar-refractivity contribution is 0.0690. The van der Waals surface area contributed by atoms with Gasteiger partial charge in [0.25, 0.3) is 0 Å². The van der Waals surface area contributed by atoms with Crippen LogP contribution in [0, 0.1) is 0 Å². The van der Waals surface area contributed by atoms with E-state index in [1.54, 1.807) is 0 Å². The van der Waals surface area contributed by atoms with Crippen LogP contribution in [0.4, 0.5) is 0 Å². The number of carbonyl (C=O) groups is 1. The Bertz CT molecular complexity index is 348. The molecule has 0 bridgehead atoms. The third kappa shape index (κ3) is 1.75. The number of benzene rings is 1. The molecule has 0 atom stereocenters. The normalized spacial score (nSPS) is 9.69. The lowest BCUT2D eigenvalue weighted by Crippen LogP contribution is -2.01. The topological polar surface area (TPSA) is 66.8 Å². The van der Waals surface area contributed by atoms with E-state index in [1.165, 1.54) is 19.2 Å². The van der Waals surface area contributed by atoms with Crippen molar-refractivity contribution in [3.05, 3.63) is 22.2 Å². The Kier molecular flexibility index (Phi) is 2.77. The van der Waals surface area contributed by atoms with Gasteiger partial charge in [-0.3, -0.25) is 0 Å². The average molecular weight is 247 g/mol. The van der Waals surface area contributed by atoms with Crippen LogP contribution in [-0.2, 0) is 0 Å². The fourth-order valence-corrected chi connectivity index (χ4v) is 1.45. The van der Waals surface area contributed by atoms with E-state index in [1.807, 2.05) is 0 Å². The summed E-state index contributed by atoms with van der Waals surface area (Å²) >= 11 is 3.11. The summed E-state index contributed by atoms with van der Waals surface area (Å²) in [6.07, 6.45) is 0. The summed E-state index contributed by atoms with van der Waals surface area (Å²) in [4.78, 5) is 10.7. The van der Waals surface area contributed by atoms with E-state index in [4.69, 9.17) is 9.84 Å². The van der Waals surface area contributed by atoms with Crippen molar-refractivity contribution in [1.29, 1.82) is 0 Å². The van der Waals surface area contributed by atoms with Crippen LogP contribution >= 0.6 is 15.9 Å². The maximum atomic E-state index is 10.7. The van der Waals surface area contributed by atoms with Gasteiger partial charge < -0.3 is 14.9 Å². The zero-order valence-corrected chi connectivity index (χ0v) is 8.33. The minimum Gasteiger partial charge on any atom is -0.507 e. The van der Waals surface area contributed by atoms with Gasteiger partial charge in [0, 0.05) is 0 Å². The van der Waals surface area contributed by atoms with Gasteiger partial charge in [-0.25, -0.2) is 4.79 Å². The Morgan fingerprint density at radius 3 is 2.54 bits per heavy atom. The first-order valence-corrected chi connectivity index (χ1v) is 4.16. The van der Waals surface area contributed by atoms with E-state index in [-0.39, 0.29) is 17.1 Å². The Balaban J connectivity index is 3.43. The summed E-state index contributed by atoms with van der Waals surface area (Å²) in [6, 6.07) is 2.80. The number of aromatic hydroxyl groups is 1. The molecule has 1 rings (SSSR count). The molecule has 0 aliphatic heterocycles. The summed E-state index contributed by atoms with van der Waals surface area (Å²) in [7, 11) is 1.34. The Morgan fingerprint density at radius 2 is 2.15 bits per heavy atom. The van der Waals surface area contributed by atoms with Crippen LogP contribution in [0.3, 0.4) is 0 Å². The molecule has 0 saturated heterocycles. The first-order chi connectivity index (χ1) is 6.07. The maximum Gasteiger partial charge on any atom is 0.343 e. The highest BCUT2D eigenvalue weighted by atomic mass is 79.9. The summed E-state index contributed by atoms with van der Waals surface area (Å²) in [6.45, 7) is 0. The van der Waals surface area contributed by atoms with Crippen LogP contribution in [0.25, 0.3) is 0 Å². The van der Waals surface area contributed by atoms with Gasteiger partial charge in [0.05, 0.1) is 11.6 Å². The van der Waals surface area contributed by atoms with Crippen molar-refractivity contribution < 1.29 is 19.7 Å². The SMILES string of the molecule is COc1c(Br)ccc(O)c1C(=O)O. The average Bonchev–Trinajstić information content (AvgIpc) is 2.07. The van der Waals surface area contributed by atoms with Gasteiger partial charge >= 0.3 is 5.97 Å². The van der Waals surface area contributed by atoms with Crippen molar-refractivity contribution in [3.63, 3.8) is 0 Å². The highest BCUT2D eigenvalue weighted by molar-refractivity contribution is 9.10. The maximum absolute atomic E-state index is 10.7. The second-order valence-corrected chi connectivity index (χ2v) is 3.13. The lowest BCUT2D eigenvalue weighted by Gasteiger charge is -2.07. The molecule has 0 unspecified atom stereocenters. The van der Waals surface area contributed by atoms with E-state index in [9.17, 15) is 9.90 Å². The van der Waals surface area contributed by atoms with Crippen molar-refractivity contribution in [2.45, 2.75) is 0 Å². The van der Waals surface area contributed by atoms with Crippen LogP contribution in [-0.4, -0.2) is 23.3 Å². The van der Waals surface area contributed by atoms with Crippen LogP contribution < -0.4 is 4.74 Å². The molecule has 0 aliphatic rings. The largest absolute Gasteiger partial charge is 0.507 e. The summed E-state index contributed by atoms with van der Waals surface area (Å²) in [5.41, 5.74) is -0.239. The van der Waals surface area contributed by atoms with Crippen LogP contribution in [0.15, 0.2) is 16.6 Å². The van der Waals surface area contributed by atoms with Crippen molar-refractivity contribution in [2.24, 2.45) is 0 Å². The van der Waals surface area contributed by atoms with Crippen LogP contribution in [0.1, 0.15) is 10.4 Å². The zero-order chi connectivity index (χ0) is 10.0. The van der Waals surface area contributed by atoms with Gasteiger partial charge in [-0.15, -0.1) is 0 Å². The number of hydrogen-bond donors (Lipinski definition) is 2. The smallest absolute Gasteiger partial charge is 0.343 e. The van der Waals surface area contributed by atoms with Gasteiger partial charge in [0.1, 0.15) is 11.3 Å². The molecule has 0 amide bonds. The summed E-state index contributed by atoms with van der Waals surface area (Å²) < 4.78 is 5.32. The number of rotatable bonds is 2. The standard InChI is InChI=1S/C8H7BrO4/c1-13-7-4(9)2-3-5(10)6(7)8(11)12/h2-3,10H,1H3,(H,11,12). The van der Waals surface area contributed by atoms with E-state index >= 15 is 0 Å². The van der Waals surface area contributed by atoms with Gasteiger partial charge in [0.2, 0.25) is 0 Å². The second kappa shape index (κ2) is 3.66. The summed E-state index contributed by atoms with van der Waals surface area (Å²) in [5, 5.41) is 18.0. The monoisotopic (exact) mass is 246 g/mol. The molecule has 4 nitrogen and oxygen atoms in total. The van der Waals surface area contributed by atoms with Crippen molar-refractivity contribution in [2.75, 3.05) is 7.11 Å². The molecular formula is C8H7BrO4. The molecule has 0 aromatic heterocycles. The Hall–Kier alpha value is -1.23. The third-order valence-electron chi connectivity index (χ3n) is 1.51. The molecule has 0 heterocycles. The van der Waals surface area contributed by atoms with Crippen molar-refractivity contribution in [1.82, 2.24) is 0 Å². The molecule has 70 valence electrons. The number of ether oxygens (including phenoxy) is 1. The fraction of sp³-hybridized carbons (Fsp3) is 0.125. The first-order valence-electron chi connectivity index (χ1n) is 3.36. The molecule has 1 aromatic carbocycles. The van der Waals surface area contributed by atoms with Crippen molar-refractivity contribution >= 4 is 21.9 Å². The predicted molar refractivity (Wildman–Crippen MR) is 49.3 cm³/mol. The fourth-order valence-electron chi connectivity index (χ4n) is 0.953. The molecular weight excluding hydrogens is 240 g/mol. The number of carboxylic acid groups (broad SMARTS) is 1.